The van der Waals surface area contributed by atoms with Crippen LogP contribution in [0.25, 0.3) is 6.08 Å². The lowest BCUT2D eigenvalue weighted by atomic mass is 9.72. The lowest BCUT2D eigenvalue weighted by Crippen LogP contribution is -2.38. The maximum Gasteiger partial charge on any atom is 0.336 e. The van der Waals surface area contributed by atoms with Gasteiger partial charge in [0.1, 0.15) is 22.7 Å². The number of carbonyl (C=O) groups is 2. The highest BCUT2D eigenvalue weighted by Crippen LogP contribution is 2.46. The van der Waals surface area contributed by atoms with Crippen molar-refractivity contribution in [2.75, 3.05) is 5.32 Å². The number of rotatable bonds is 4. The number of benzene rings is 1. The molecule has 2 aromatic heterocycles. The van der Waals surface area contributed by atoms with Gasteiger partial charge in [0, 0.05) is 21.0 Å². The fraction of sp³-hybridized carbons (Fsp3) is 0.333. The summed E-state index contributed by atoms with van der Waals surface area (Å²) in [4.78, 5) is 27.0. The molecule has 35 heavy (non-hydrogen) atoms. The molecule has 1 aliphatic carbocycles. The summed E-state index contributed by atoms with van der Waals surface area (Å²) < 4.78 is 11.7. The van der Waals surface area contributed by atoms with Crippen molar-refractivity contribution in [3.05, 3.63) is 74.5 Å². The Balaban J connectivity index is 1.40. The molecule has 6 nitrogen and oxygen atoms in total. The van der Waals surface area contributed by atoms with Crippen LogP contribution in [-0.2, 0) is 17.6 Å². The maximum atomic E-state index is 13.2. The van der Waals surface area contributed by atoms with Crippen LogP contribution in [0.3, 0.4) is 0 Å². The van der Waals surface area contributed by atoms with Gasteiger partial charge in [-0.15, -0.1) is 11.3 Å². The van der Waals surface area contributed by atoms with E-state index in [1.54, 1.807) is 41.7 Å². The van der Waals surface area contributed by atoms with Crippen molar-refractivity contribution in [3.8, 4) is 5.75 Å². The first-order valence-electron chi connectivity index (χ1n) is 11.6. The molecule has 2 atom stereocenters. The van der Waals surface area contributed by atoms with Gasteiger partial charge >= 0.3 is 5.97 Å². The van der Waals surface area contributed by atoms with Crippen molar-refractivity contribution in [1.82, 2.24) is 5.32 Å². The number of fused-ring (bicyclic) bond motifs is 3. The molecule has 2 aliphatic rings. The van der Waals surface area contributed by atoms with Crippen LogP contribution in [-0.4, -0.2) is 11.9 Å². The number of esters is 1. The minimum absolute atomic E-state index is 0.0922. The first kappa shape index (κ1) is 23.9. The van der Waals surface area contributed by atoms with Crippen LogP contribution in [0.15, 0.2) is 51.6 Å². The average molecular weight is 555 g/mol. The van der Waals surface area contributed by atoms with Crippen LogP contribution in [0.4, 0.5) is 5.00 Å². The molecule has 0 fully saturated rings. The van der Waals surface area contributed by atoms with Gasteiger partial charge in [0.2, 0.25) is 0 Å². The summed E-state index contributed by atoms with van der Waals surface area (Å²) in [5.74, 6) is 0.900. The highest BCUT2D eigenvalue weighted by atomic mass is 79.9. The molecule has 0 unspecified atom stereocenters. The summed E-state index contributed by atoms with van der Waals surface area (Å²) in [6.07, 6.45) is 6.89. The first-order valence-corrected chi connectivity index (χ1v) is 13.2. The second-order valence-corrected chi connectivity index (χ2v) is 12.0. The van der Waals surface area contributed by atoms with Gasteiger partial charge < -0.3 is 19.8 Å². The van der Waals surface area contributed by atoms with Crippen LogP contribution in [0.5, 0.6) is 5.75 Å². The fourth-order valence-corrected chi connectivity index (χ4v) is 6.44. The Morgan fingerprint density at radius 2 is 2.09 bits per heavy atom. The largest absolute Gasteiger partial charge is 0.465 e. The predicted octanol–water partition coefficient (Wildman–Crippen LogP) is 6.73. The highest BCUT2D eigenvalue weighted by Gasteiger charge is 2.37. The van der Waals surface area contributed by atoms with Crippen molar-refractivity contribution < 1.29 is 18.7 Å². The Morgan fingerprint density at radius 3 is 2.83 bits per heavy atom. The molecule has 0 bridgehead atoms. The van der Waals surface area contributed by atoms with Crippen molar-refractivity contribution in [2.24, 2.45) is 11.3 Å². The molecular formula is C27H27BrN2O4S. The molecule has 182 valence electrons. The van der Waals surface area contributed by atoms with Gasteiger partial charge in [-0.3, -0.25) is 4.79 Å². The fourth-order valence-electron chi connectivity index (χ4n) is 4.71. The van der Waals surface area contributed by atoms with Gasteiger partial charge in [0.05, 0.1) is 11.8 Å². The van der Waals surface area contributed by atoms with Crippen molar-refractivity contribution in [2.45, 2.75) is 46.2 Å². The monoisotopic (exact) mass is 554 g/mol. The van der Waals surface area contributed by atoms with E-state index in [-0.39, 0.29) is 11.3 Å². The molecule has 3 aromatic rings. The predicted molar refractivity (Wildman–Crippen MR) is 141 cm³/mol. The summed E-state index contributed by atoms with van der Waals surface area (Å²) in [6.45, 7) is 6.87. The quantitative estimate of drug-likeness (QED) is 0.212. The lowest BCUT2D eigenvalue weighted by Gasteiger charge is -2.34. The third-order valence-electron chi connectivity index (χ3n) is 6.69. The number of anilines is 1. The van der Waals surface area contributed by atoms with Crippen LogP contribution in [0.1, 0.15) is 65.5 Å². The number of thiophene rings is 1. The molecule has 1 amide bonds. The van der Waals surface area contributed by atoms with Gasteiger partial charge in [0.15, 0.2) is 0 Å². The van der Waals surface area contributed by atoms with E-state index in [2.05, 4.69) is 47.3 Å². The minimum atomic E-state index is -0.535. The standard InChI is InChI=1S/C27H27BrN2O4S/c1-27(2,3)15-6-9-18-21(13-15)35-26-23(18)25(32)29-24(30-26)19-14-16(28)7-10-20(19)34-22(31)11-8-17-5-4-12-33-17/h4-5,7-8,10-12,14-15,24,30H,6,9,13H2,1-3H3,(H,29,32)/b11-8+/t15-,24+/m1/s1. The third-order valence-corrected chi connectivity index (χ3v) is 8.37. The topological polar surface area (TPSA) is 80.6 Å². The van der Waals surface area contributed by atoms with E-state index in [4.69, 9.17) is 9.15 Å². The average Bonchev–Trinajstić information content (AvgIpc) is 3.45. The Morgan fingerprint density at radius 1 is 1.26 bits per heavy atom. The van der Waals surface area contributed by atoms with Crippen LogP contribution >= 0.6 is 27.3 Å². The van der Waals surface area contributed by atoms with E-state index in [0.29, 0.717) is 23.0 Å². The zero-order valence-corrected chi connectivity index (χ0v) is 22.2. The molecule has 3 heterocycles. The Labute approximate surface area is 216 Å². The number of halogens is 1. The molecule has 2 N–H and O–H groups in total. The summed E-state index contributed by atoms with van der Waals surface area (Å²) >= 11 is 5.18. The van der Waals surface area contributed by atoms with Gasteiger partial charge in [-0.25, -0.2) is 4.79 Å². The van der Waals surface area contributed by atoms with Gasteiger partial charge in [-0.05, 0) is 72.6 Å². The SMILES string of the molecule is CC(C)(C)[C@@H]1CCc2c(sc3c2C(=O)N[C@H](c2cc(Br)ccc2OC(=O)/C=C/c2ccco2)N3)C1. The van der Waals surface area contributed by atoms with E-state index >= 15 is 0 Å². The Kier molecular flexibility index (Phi) is 6.36. The molecule has 0 spiro atoms. The van der Waals surface area contributed by atoms with Crippen LogP contribution < -0.4 is 15.4 Å². The molecule has 8 heteroatoms. The molecule has 0 saturated carbocycles. The zero-order chi connectivity index (χ0) is 24.7. The zero-order valence-electron chi connectivity index (χ0n) is 19.8. The van der Waals surface area contributed by atoms with Crippen molar-refractivity contribution >= 4 is 50.2 Å². The Bertz CT molecular complexity index is 1300. The van der Waals surface area contributed by atoms with Crippen molar-refractivity contribution in [3.63, 3.8) is 0 Å². The summed E-state index contributed by atoms with van der Waals surface area (Å²) in [6, 6.07) is 8.86. The third kappa shape index (κ3) is 4.95. The Hall–Kier alpha value is -2.84. The van der Waals surface area contributed by atoms with E-state index in [1.165, 1.54) is 22.8 Å². The number of carbonyl (C=O) groups excluding carboxylic acids is 2. The summed E-state index contributed by atoms with van der Waals surface area (Å²) in [5, 5.41) is 7.45. The number of nitrogens with one attached hydrogen (secondary N) is 2. The normalized spacial score (nSPS) is 19.6. The maximum absolute atomic E-state index is 13.2. The first-order chi connectivity index (χ1) is 16.7. The highest BCUT2D eigenvalue weighted by molar-refractivity contribution is 9.10. The molecular weight excluding hydrogens is 528 g/mol. The van der Waals surface area contributed by atoms with Crippen LogP contribution in [0, 0.1) is 11.3 Å². The molecule has 0 radical (unpaired) electrons. The molecule has 1 aromatic carbocycles. The van der Waals surface area contributed by atoms with E-state index in [0.717, 1.165) is 34.3 Å². The van der Waals surface area contributed by atoms with Crippen LogP contribution in [0.2, 0.25) is 0 Å². The lowest BCUT2D eigenvalue weighted by molar-refractivity contribution is -0.128. The van der Waals surface area contributed by atoms with E-state index in [9.17, 15) is 9.59 Å². The van der Waals surface area contributed by atoms with Gasteiger partial charge in [0.25, 0.3) is 5.91 Å². The molecule has 5 rings (SSSR count). The number of furan rings is 1. The second-order valence-electron chi connectivity index (χ2n) is 10.0. The summed E-state index contributed by atoms with van der Waals surface area (Å²) in [7, 11) is 0. The second kappa shape index (κ2) is 9.32. The van der Waals surface area contributed by atoms with Gasteiger partial charge in [-0.2, -0.15) is 0 Å². The minimum Gasteiger partial charge on any atom is -0.465 e. The van der Waals surface area contributed by atoms with Crippen molar-refractivity contribution in [1.29, 1.82) is 0 Å². The number of amides is 1. The van der Waals surface area contributed by atoms with E-state index in [1.807, 2.05) is 6.07 Å². The molecule has 0 saturated heterocycles. The smallest absolute Gasteiger partial charge is 0.336 e. The number of ether oxygens (including phenoxy) is 1. The number of hydrogen-bond donors (Lipinski definition) is 2. The van der Waals surface area contributed by atoms with E-state index < -0.39 is 12.1 Å². The summed E-state index contributed by atoms with van der Waals surface area (Å²) in [5.41, 5.74) is 2.85. The molecule has 1 aliphatic heterocycles. The van der Waals surface area contributed by atoms with Gasteiger partial charge in [-0.1, -0.05) is 36.7 Å². The number of hydrogen-bond acceptors (Lipinski definition) is 6.